The lowest BCUT2D eigenvalue weighted by molar-refractivity contribution is -0.318. The SMILES string of the molecule is COc1ccc(-c2coc3cc(O[C@@H]4O[C@H](CO)[C@@H](O)[C@H](O)[C@H]4O[C@@H]4OC[C@](O)(CO)[C@H]4O)ccc3c2=O)cc1. The third kappa shape index (κ3) is 5.19. The van der Waals surface area contributed by atoms with Crippen molar-refractivity contribution in [2.75, 3.05) is 26.9 Å². The van der Waals surface area contributed by atoms with Crippen LogP contribution in [0.2, 0.25) is 0 Å². The largest absolute Gasteiger partial charge is 0.497 e. The van der Waals surface area contributed by atoms with Gasteiger partial charge >= 0.3 is 0 Å². The van der Waals surface area contributed by atoms with Gasteiger partial charge in [-0.15, -0.1) is 0 Å². The molecule has 0 unspecified atom stereocenters. The van der Waals surface area contributed by atoms with E-state index in [-0.39, 0.29) is 22.1 Å². The molecule has 3 heterocycles. The molecule has 13 heteroatoms. The van der Waals surface area contributed by atoms with Gasteiger partial charge in [-0.25, -0.2) is 0 Å². The predicted octanol–water partition coefficient (Wildman–Crippen LogP) is -0.888. The topological polar surface area (TPSA) is 198 Å². The maximum Gasteiger partial charge on any atom is 0.229 e. The van der Waals surface area contributed by atoms with Crippen LogP contribution in [0.4, 0.5) is 0 Å². The maximum atomic E-state index is 13.2. The monoisotopic (exact) mass is 562 g/mol. The quantitative estimate of drug-likeness (QED) is 0.198. The van der Waals surface area contributed by atoms with Crippen LogP contribution >= 0.6 is 0 Å². The van der Waals surface area contributed by atoms with Crippen molar-refractivity contribution in [1.82, 2.24) is 0 Å². The molecule has 2 aromatic carbocycles. The molecule has 2 aliphatic heterocycles. The van der Waals surface area contributed by atoms with Gasteiger partial charge in [0.05, 0.1) is 37.9 Å². The third-order valence-corrected chi connectivity index (χ3v) is 7.09. The zero-order valence-electron chi connectivity index (χ0n) is 21.3. The van der Waals surface area contributed by atoms with Gasteiger partial charge in [0.2, 0.25) is 6.29 Å². The highest BCUT2D eigenvalue weighted by Crippen LogP contribution is 2.33. The number of aliphatic hydroxyl groups is 6. The number of fused-ring (bicyclic) bond motifs is 1. The van der Waals surface area contributed by atoms with Crippen molar-refractivity contribution in [2.45, 2.75) is 48.7 Å². The minimum Gasteiger partial charge on any atom is -0.497 e. The van der Waals surface area contributed by atoms with E-state index in [2.05, 4.69) is 0 Å². The Balaban J connectivity index is 1.40. The lowest BCUT2D eigenvalue weighted by Gasteiger charge is -2.42. The number of rotatable bonds is 8. The Morgan fingerprint density at radius 1 is 1.00 bits per heavy atom. The lowest BCUT2D eigenvalue weighted by Crippen LogP contribution is -2.62. The summed E-state index contributed by atoms with van der Waals surface area (Å²) in [4.78, 5) is 13.2. The van der Waals surface area contributed by atoms with Crippen molar-refractivity contribution >= 4 is 11.0 Å². The van der Waals surface area contributed by atoms with Gasteiger partial charge in [-0.2, -0.15) is 0 Å². The van der Waals surface area contributed by atoms with Crippen LogP contribution < -0.4 is 14.9 Å². The fourth-order valence-electron chi connectivity index (χ4n) is 4.65. The number of hydrogen-bond donors (Lipinski definition) is 6. The fraction of sp³-hybridized carbons (Fsp3) is 0.444. The lowest BCUT2D eigenvalue weighted by atomic mass is 9.98. The summed E-state index contributed by atoms with van der Waals surface area (Å²) in [7, 11) is 1.54. The van der Waals surface area contributed by atoms with Crippen LogP contribution in [0.25, 0.3) is 22.1 Å². The summed E-state index contributed by atoms with van der Waals surface area (Å²) in [5.41, 5.74) is -1.10. The van der Waals surface area contributed by atoms with Crippen molar-refractivity contribution in [2.24, 2.45) is 0 Å². The zero-order chi connectivity index (χ0) is 28.6. The van der Waals surface area contributed by atoms with E-state index in [0.29, 0.717) is 16.9 Å². The molecule has 0 aliphatic carbocycles. The fourth-order valence-corrected chi connectivity index (χ4v) is 4.65. The molecular formula is C27H30O13. The van der Waals surface area contributed by atoms with Crippen LogP contribution in [0, 0.1) is 0 Å². The van der Waals surface area contributed by atoms with Crippen LogP contribution in [0.3, 0.4) is 0 Å². The molecule has 8 atom stereocenters. The van der Waals surface area contributed by atoms with Crippen LogP contribution in [0.1, 0.15) is 0 Å². The summed E-state index contributed by atoms with van der Waals surface area (Å²) >= 11 is 0. The smallest absolute Gasteiger partial charge is 0.229 e. The second-order valence-electron chi connectivity index (χ2n) is 9.68. The first-order valence-electron chi connectivity index (χ1n) is 12.5. The Morgan fingerprint density at radius 2 is 1.73 bits per heavy atom. The molecular weight excluding hydrogens is 532 g/mol. The number of benzene rings is 2. The van der Waals surface area contributed by atoms with Crippen LogP contribution in [-0.2, 0) is 14.2 Å². The molecule has 40 heavy (non-hydrogen) atoms. The average Bonchev–Trinajstić information content (AvgIpc) is 3.26. The Kier molecular flexibility index (Phi) is 8.10. The third-order valence-electron chi connectivity index (χ3n) is 7.09. The predicted molar refractivity (Wildman–Crippen MR) is 136 cm³/mol. The summed E-state index contributed by atoms with van der Waals surface area (Å²) in [5.74, 6) is 0.772. The van der Waals surface area contributed by atoms with Gasteiger partial charge in [0.1, 0.15) is 53.4 Å². The van der Waals surface area contributed by atoms with E-state index in [1.165, 1.54) is 24.5 Å². The molecule has 13 nitrogen and oxygen atoms in total. The molecule has 2 fully saturated rings. The number of hydrogen-bond acceptors (Lipinski definition) is 13. The van der Waals surface area contributed by atoms with Crippen LogP contribution in [-0.4, -0.2) is 106 Å². The Bertz CT molecular complexity index is 1380. The number of ether oxygens (including phenoxy) is 5. The Hall–Kier alpha value is -3.11. The number of methoxy groups -OCH3 is 1. The summed E-state index contributed by atoms with van der Waals surface area (Å²) in [6.07, 6.45) is -9.29. The molecule has 2 saturated heterocycles. The molecule has 2 aliphatic rings. The van der Waals surface area contributed by atoms with Crippen LogP contribution in [0.5, 0.6) is 11.5 Å². The first-order chi connectivity index (χ1) is 19.2. The maximum absolute atomic E-state index is 13.2. The van der Waals surface area contributed by atoms with E-state index >= 15 is 0 Å². The molecule has 1 aromatic heterocycles. The normalized spacial score (nSPS) is 32.3. The molecule has 3 aromatic rings. The summed E-state index contributed by atoms with van der Waals surface area (Å²) in [6, 6.07) is 11.3. The van der Waals surface area contributed by atoms with Crippen LogP contribution in [0.15, 0.2) is 57.9 Å². The standard InChI is InChI=1S/C27H30O13/c1-35-14-4-2-13(3-5-14)17-10-36-18-8-15(6-7-16(18)20(17)30)38-25-23(22(32)21(31)19(9-28)39-25)40-26-24(33)27(34,11-29)12-37-26/h2-8,10,19,21-26,28-29,31-34H,9,11-12H2,1H3/t19-,21-,22+,23-,24+,25-,26+,27-/m1/s1. The summed E-state index contributed by atoms with van der Waals surface area (Å²) in [6.45, 7) is -1.91. The van der Waals surface area contributed by atoms with E-state index in [9.17, 15) is 35.4 Å². The molecule has 5 rings (SSSR count). The molecule has 0 saturated carbocycles. The van der Waals surface area contributed by atoms with E-state index < -0.39 is 68.5 Å². The van der Waals surface area contributed by atoms with Gasteiger partial charge in [0.25, 0.3) is 0 Å². The highest BCUT2D eigenvalue weighted by atomic mass is 16.8. The van der Waals surface area contributed by atoms with Crippen molar-refractivity contribution in [1.29, 1.82) is 0 Å². The van der Waals surface area contributed by atoms with Gasteiger partial charge < -0.3 is 58.7 Å². The molecule has 216 valence electrons. The second kappa shape index (κ2) is 11.4. The van der Waals surface area contributed by atoms with E-state index in [1.807, 2.05) is 0 Å². The highest BCUT2D eigenvalue weighted by molar-refractivity contribution is 5.82. The van der Waals surface area contributed by atoms with Crippen molar-refractivity contribution < 1.29 is 58.7 Å². The summed E-state index contributed by atoms with van der Waals surface area (Å²) in [5, 5.41) is 61.0. The first kappa shape index (κ1) is 28.4. The van der Waals surface area contributed by atoms with Crippen molar-refractivity contribution in [3.63, 3.8) is 0 Å². The van der Waals surface area contributed by atoms with Gasteiger partial charge in [0, 0.05) is 6.07 Å². The van der Waals surface area contributed by atoms with Crippen molar-refractivity contribution in [3.05, 3.63) is 59.0 Å². The Labute approximate surface area is 227 Å². The highest BCUT2D eigenvalue weighted by Gasteiger charge is 2.53. The molecule has 0 bridgehead atoms. The minimum atomic E-state index is -1.99. The number of aliphatic hydroxyl groups excluding tert-OH is 5. The first-order valence-corrected chi connectivity index (χ1v) is 12.5. The van der Waals surface area contributed by atoms with Gasteiger partial charge in [-0.1, -0.05) is 12.1 Å². The second-order valence-corrected chi connectivity index (χ2v) is 9.68. The van der Waals surface area contributed by atoms with E-state index in [0.717, 1.165) is 0 Å². The van der Waals surface area contributed by atoms with E-state index in [1.54, 1.807) is 31.4 Å². The zero-order valence-corrected chi connectivity index (χ0v) is 21.3. The summed E-state index contributed by atoms with van der Waals surface area (Å²) < 4.78 is 33.3. The van der Waals surface area contributed by atoms with Gasteiger partial charge in [-0.05, 0) is 29.8 Å². The molecule has 0 spiro atoms. The van der Waals surface area contributed by atoms with Gasteiger partial charge in [-0.3, -0.25) is 4.79 Å². The van der Waals surface area contributed by atoms with Gasteiger partial charge in [0.15, 0.2) is 17.8 Å². The molecule has 0 radical (unpaired) electrons. The Morgan fingerprint density at radius 3 is 2.38 bits per heavy atom. The van der Waals surface area contributed by atoms with E-state index in [4.69, 9.17) is 28.1 Å². The molecule has 6 N–H and O–H groups in total. The van der Waals surface area contributed by atoms with Crippen molar-refractivity contribution in [3.8, 4) is 22.6 Å². The average molecular weight is 563 g/mol. The molecule has 0 amide bonds. The minimum absolute atomic E-state index is 0.131.